The fraction of sp³-hybridized carbons (Fsp3) is 0.214. The van der Waals surface area contributed by atoms with Gasteiger partial charge in [-0.1, -0.05) is 0 Å². The second kappa shape index (κ2) is 5.13. The molecule has 102 valence electrons. The Morgan fingerprint density at radius 3 is 2.95 bits per heavy atom. The van der Waals surface area contributed by atoms with Crippen LogP contribution in [0.5, 0.6) is 5.75 Å². The summed E-state index contributed by atoms with van der Waals surface area (Å²) < 4.78 is 5.40. The van der Waals surface area contributed by atoms with E-state index in [4.69, 9.17) is 4.74 Å². The molecule has 1 amide bonds. The predicted octanol–water partition coefficient (Wildman–Crippen LogP) is 1.98. The van der Waals surface area contributed by atoms with Crippen LogP contribution >= 0.6 is 11.8 Å². The first-order valence-corrected chi connectivity index (χ1v) is 7.34. The molecule has 2 aliphatic rings. The van der Waals surface area contributed by atoms with Crippen molar-refractivity contribution < 1.29 is 9.53 Å². The number of aliphatic imine (C=N–C) groups is 2. The quantitative estimate of drug-likeness (QED) is 0.865. The van der Waals surface area contributed by atoms with Crippen LogP contribution < -0.4 is 10.1 Å². The highest BCUT2D eigenvalue weighted by Gasteiger charge is 2.24. The van der Waals surface area contributed by atoms with Crippen molar-refractivity contribution in [2.45, 2.75) is 11.3 Å². The summed E-state index contributed by atoms with van der Waals surface area (Å²) in [5, 5.41) is 2.72. The minimum atomic E-state index is -0.0614. The summed E-state index contributed by atoms with van der Waals surface area (Å²) in [4.78, 5) is 21.3. The van der Waals surface area contributed by atoms with Gasteiger partial charge in [0.2, 0.25) is 5.91 Å². The number of methoxy groups -OCH3 is 1. The molecule has 0 aliphatic carbocycles. The van der Waals surface area contributed by atoms with E-state index in [2.05, 4.69) is 15.3 Å². The highest BCUT2D eigenvalue weighted by Crippen LogP contribution is 2.28. The Labute approximate surface area is 120 Å². The molecule has 1 aromatic rings. The Morgan fingerprint density at radius 1 is 1.35 bits per heavy atom. The first kappa shape index (κ1) is 12.9. The highest BCUT2D eigenvalue weighted by molar-refractivity contribution is 7.98. The fourth-order valence-corrected chi connectivity index (χ4v) is 2.49. The molecule has 1 N–H and O–H groups in total. The molecule has 2 heterocycles. The maximum atomic E-state index is 11.3. The largest absolute Gasteiger partial charge is 0.496 e. The van der Waals surface area contributed by atoms with Gasteiger partial charge in [0.1, 0.15) is 11.4 Å². The standard InChI is InChI=1S/C14H13N3O2S/c1-19-11-7-8(20-2)3-4-9(11)13-15-10-5-6-12(18)16-14(10)17-13/h3-5,7H,6H2,1-2H3,(H,15,16,17,18). The second-order valence-electron chi connectivity index (χ2n) is 4.30. The third kappa shape index (κ3) is 2.22. The number of hydrogen-bond donors (Lipinski definition) is 1. The van der Waals surface area contributed by atoms with Gasteiger partial charge in [-0.3, -0.25) is 4.79 Å². The van der Waals surface area contributed by atoms with Crippen LogP contribution in [0.4, 0.5) is 0 Å². The van der Waals surface area contributed by atoms with E-state index in [0.717, 1.165) is 21.9 Å². The average Bonchev–Trinajstić information content (AvgIpc) is 2.89. The topological polar surface area (TPSA) is 63.0 Å². The molecule has 5 nitrogen and oxygen atoms in total. The van der Waals surface area contributed by atoms with Gasteiger partial charge in [0.15, 0.2) is 11.7 Å². The number of carbonyl (C=O) groups excluding carboxylic acids is 1. The lowest BCUT2D eigenvalue weighted by Gasteiger charge is -2.08. The Morgan fingerprint density at radius 2 is 2.20 bits per heavy atom. The van der Waals surface area contributed by atoms with Crippen molar-refractivity contribution in [3.63, 3.8) is 0 Å². The van der Waals surface area contributed by atoms with Crippen LogP contribution in [0.3, 0.4) is 0 Å². The summed E-state index contributed by atoms with van der Waals surface area (Å²) in [7, 11) is 1.62. The number of rotatable bonds is 3. The van der Waals surface area contributed by atoms with Crippen molar-refractivity contribution in [3.8, 4) is 5.75 Å². The molecule has 3 rings (SSSR count). The van der Waals surface area contributed by atoms with Crippen LogP contribution in [0.25, 0.3) is 0 Å². The predicted molar refractivity (Wildman–Crippen MR) is 79.6 cm³/mol. The SMILES string of the molecule is COc1cc(SC)ccc1C1=NC2=CCC(=O)NC2=N1. The van der Waals surface area contributed by atoms with E-state index in [9.17, 15) is 4.79 Å². The average molecular weight is 287 g/mol. The van der Waals surface area contributed by atoms with Crippen molar-refractivity contribution in [1.82, 2.24) is 5.32 Å². The van der Waals surface area contributed by atoms with Crippen LogP contribution in [0.2, 0.25) is 0 Å². The molecule has 0 fully saturated rings. The second-order valence-corrected chi connectivity index (χ2v) is 5.18. The Balaban J connectivity index is 2.01. The lowest BCUT2D eigenvalue weighted by molar-refractivity contribution is -0.119. The van der Waals surface area contributed by atoms with E-state index >= 15 is 0 Å². The fourth-order valence-electron chi connectivity index (χ4n) is 2.07. The van der Waals surface area contributed by atoms with Gasteiger partial charge in [-0.05, 0) is 30.5 Å². The first-order chi connectivity index (χ1) is 9.71. The zero-order chi connectivity index (χ0) is 14.1. The van der Waals surface area contributed by atoms with Crippen molar-refractivity contribution in [1.29, 1.82) is 0 Å². The third-order valence-electron chi connectivity index (χ3n) is 3.07. The Bertz CT molecular complexity index is 677. The van der Waals surface area contributed by atoms with Gasteiger partial charge in [-0.25, -0.2) is 9.98 Å². The number of nitrogens with one attached hydrogen (secondary N) is 1. The van der Waals surface area contributed by atoms with Crippen molar-refractivity contribution in [3.05, 3.63) is 35.5 Å². The molecule has 6 heteroatoms. The zero-order valence-corrected chi connectivity index (χ0v) is 12.0. The molecule has 20 heavy (non-hydrogen) atoms. The smallest absolute Gasteiger partial charge is 0.229 e. The molecule has 0 saturated heterocycles. The number of thioether (sulfide) groups is 1. The van der Waals surface area contributed by atoms with Crippen LogP contribution in [0, 0.1) is 0 Å². The van der Waals surface area contributed by atoms with Gasteiger partial charge in [-0.15, -0.1) is 11.8 Å². The van der Waals surface area contributed by atoms with E-state index in [0.29, 0.717) is 18.1 Å². The molecule has 1 aromatic carbocycles. The summed E-state index contributed by atoms with van der Waals surface area (Å²) in [6, 6.07) is 5.89. The van der Waals surface area contributed by atoms with E-state index in [-0.39, 0.29) is 5.91 Å². The van der Waals surface area contributed by atoms with Crippen LogP contribution in [0.15, 0.2) is 44.9 Å². The van der Waals surface area contributed by atoms with E-state index in [1.807, 2.05) is 24.5 Å². The van der Waals surface area contributed by atoms with Crippen LogP contribution in [-0.2, 0) is 4.79 Å². The Hall–Kier alpha value is -2.08. The van der Waals surface area contributed by atoms with Crippen LogP contribution in [0.1, 0.15) is 12.0 Å². The molecule has 0 saturated carbocycles. The summed E-state index contributed by atoms with van der Waals surface area (Å²) in [5.74, 6) is 1.75. The number of amides is 1. The van der Waals surface area contributed by atoms with Crippen molar-refractivity contribution in [2.24, 2.45) is 9.98 Å². The number of ether oxygens (including phenoxy) is 1. The normalized spacial score (nSPS) is 16.9. The monoisotopic (exact) mass is 287 g/mol. The molecule has 0 spiro atoms. The molecule has 0 atom stereocenters. The van der Waals surface area contributed by atoms with Gasteiger partial charge in [0.05, 0.1) is 12.7 Å². The van der Waals surface area contributed by atoms with Gasteiger partial charge in [-0.2, -0.15) is 0 Å². The molecule has 2 aliphatic heterocycles. The van der Waals surface area contributed by atoms with Crippen molar-refractivity contribution in [2.75, 3.05) is 13.4 Å². The minimum absolute atomic E-state index is 0.0614. The first-order valence-electron chi connectivity index (χ1n) is 6.11. The maximum absolute atomic E-state index is 11.3. The van der Waals surface area contributed by atoms with Crippen LogP contribution in [-0.4, -0.2) is 30.9 Å². The molecule has 0 radical (unpaired) electrons. The molecule has 0 aromatic heterocycles. The number of carbonyl (C=O) groups is 1. The number of hydrogen-bond acceptors (Lipinski definition) is 5. The number of amidine groups is 2. The van der Waals surface area contributed by atoms with Gasteiger partial charge in [0, 0.05) is 11.3 Å². The van der Waals surface area contributed by atoms with Crippen molar-refractivity contribution >= 4 is 29.3 Å². The van der Waals surface area contributed by atoms with E-state index in [1.165, 1.54) is 0 Å². The summed E-state index contributed by atoms with van der Waals surface area (Å²) in [6.07, 6.45) is 4.14. The number of fused-ring (bicyclic) bond motifs is 1. The molecule has 0 bridgehead atoms. The highest BCUT2D eigenvalue weighted by atomic mass is 32.2. The lowest BCUT2D eigenvalue weighted by Crippen LogP contribution is -2.33. The summed E-state index contributed by atoms with van der Waals surface area (Å²) in [6.45, 7) is 0. The lowest BCUT2D eigenvalue weighted by atomic mass is 10.2. The zero-order valence-electron chi connectivity index (χ0n) is 11.1. The summed E-state index contributed by atoms with van der Waals surface area (Å²) in [5.41, 5.74) is 1.54. The van der Waals surface area contributed by atoms with Gasteiger partial charge < -0.3 is 10.1 Å². The minimum Gasteiger partial charge on any atom is -0.496 e. The van der Waals surface area contributed by atoms with E-state index < -0.39 is 0 Å². The van der Waals surface area contributed by atoms with Gasteiger partial charge >= 0.3 is 0 Å². The van der Waals surface area contributed by atoms with Gasteiger partial charge in [0.25, 0.3) is 0 Å². The number of nitrogens with zero attached hydrogens (tertiary/aromatic N) is 2. The summed E-state index contributed by atoms with van der Waals surface area (Å²) >= 11 is 1.65. The molecular weight excluding hydrogens is 274 g/mol. The molecule has 0 unspecified atom stereocenters. The third-order valence-corrected chi connectivity index (χ3v) is 3.80. The number of benzene rings is 1. The Kier molecular flexibility index (Phi) is 3.31. The van der Waals surface area contributed by atoms with E-state index in [1.54, 1.807) is 24.9 Å². The molecular formula is C14H13N3O2S. The maximum Gasteiger partial charge on any atom is 0.229 e.